The van der Waals surface area contributed by atoms with Gasteiger partial charge >= 0.3 is 17.9 Å². The van der Waals surface area contributed by atoms with Crippen LogP contribution in [0.15, 0.2) is 122 Å². The predicted molar refractivity (Wildman–Crippen MR) is 283 cm³/mol. The molecule has 6 heteroatoms. The smallest absolute Gasteiger partial charge is 0.306 e. The van der Waals surface area contributed by atoms with Crippen molar-refractivity contribution < 1.29 is 28.6 Å². The predicted octanol–water partition coefficient (Wildman–Crippen LogP) is 17.7. The van der Waals surface area contributed by atoms with Gasteiger partial charge in [-0.15, -0.1) is 0 Å². The fourth-order valence-electron chi connectivity index (χ4n) is 6.81. The molecule has 0 bridgehead atoms. The Morgan fingerprint density at radius 3 is 1.02 bits per heavy atom. The summed E-state index contributed by atoms with van der Waals surface area (Å²) >= 11 is 0. The van der Waals surface area contributed by atoms with Crippen LogP contribution >= 0.6 is 0 Å². The minimum Gasteiger partial charge on any atom is -0.462 e. The van der Waals surface area contributed by atoms with Gasteiger partial charge in [-0.25, -0.2) is 0 Å². The van der Waals surface area contributed by atoms with Gasteiger partial charge in [0.05, 0.1) is 0 Å². The first-order valence-corrected chi connectivity index (χ1v) is 26.5. The average Bonchev–Trinajstić information content (AvgIpc) is 3.31. The number of ether oxygens (including phenoxy) is 3. The molecule has 0 fully saturated rings. The van der Waals surface area contributed by atoms with E-state index in [9.17, 15) is 14.4 Å². The van der Waals surface area contributed by atoms with Crippen molar-refractivity contribution in [3.63, 3.8) is 0 Å². The maximum Gasteiger partial charge on any atom is 0.306 e. The van der Waals surface area contributed by atoms with Crippen molar-refractivity contribution in [1.29, 1.82) is 0 Å². The highest BCUT2D eigenvalue weighted by Gasteiger charge is 2.19. The zero-order valence-corrected chi connectivity index (χ0v) is 42.4. The van der Waals surface area contributed by atoms with E-state index in [0.717, 1.165) is 116 Å². The molecule has 0 aromatic heterocycles. The van der Waals surface area contributed by atoms with E-state index in [1.807, 2.05) is 12.2 Å². The van der Waals surface area contributed by atoms with E-state index < -0.39 is 6.10 Å². The molecule has 372 valence electrons. The van der Waals surface area contributed by atoms with E-state index in [1.165, 1.54) is 57.8 Å². The lowest BCUT2D eigenvalue weighted by atomic mass is 10.0. The summed E-state index contributed by atoms with van der Waals surface area (Å²) in [5.74, 6) is -1.03. The van der Waals surface area contributed by atoms with Crippen LogP contribution in [0.25, 0.3) is 0 Å². The Labute approximate surface area is 405 Å². The lowest BCUT2D eigenvalue weighted by molar-refractivity contribution is -0.166. The maximum atomic E-state index is 12.8. The van der Waals surface area contributed by atoms with Crippen LogP contribution < -0.4 is 0 Å². The van der Waals surface area contributed by atoms with Gasteiger partial charge in [-0.2, -0.15) is 0 Å². The van der Waals surface area contributed by atoms with E-state index in [1.54, 1.807) is 0 Å². The van der Waals surface area contributed by atoms with Crippen LogP contribution in [0.2, 0.25) is 0 Å². The first-order chi connectivity index (χ1) is 32.5. The molecule has 0 amide bonds. The van der Waals surface area contributed by atoms with Gasteiger partial charge in [0, 0.05) is 19.3 Å². The normalized spacial score (nSPS) is 13.1. The van der Waals surface area contributed by atoms with E-state index in [-0.39, 0.29) is 44.0 Å². The number of unbranched alkanes of at least 4 members (excludes halogenated alkanes) is 15. The van der Waals surface area contributed by atoms with Gasteiger partial charge in [0.25, 0.3) is 0 Å². The standard InChI is InChI=1S/C60H96O6/c1-4-7-10-13-16-19-22-25-27-29-30-32-33-35-38-41-44-47-50-53-59(62)65-56-57(55-64-58(61)52-49-46-43-40-37-24-21-18-15-12-9-6-3)66-60(63)54-51-48-45-42-39-36-34-31-28-26-23-20-17-14-11-8-5-2/h7-8,10-11,16-17,19-20,25-28,30,32,34-36,38,44,47,57H,4-6,9,12-15,18,21-24,29,31,33,37,39-43,45-46,48-56H2,1-3H3/b10-7-,11-8-,19-16-,20-17-,27-25-,28-26-,32-30-,36-34-,38-35-,47-44-/t57-/m0/s1. The molecule has 1 atom stereocenters. The summed E-state index contributed by atoms with van der Waals surface area (Å²) in [5, 5.41) is 0. The lowest BCUT2D eigenvalue weighted by Gasteiger charge is -2.18. The first kappa shape index (κ1) is 61.8. The number of carbonyl (C=O) groups excluding carboxylic acids is 3. The molecule has 66 heavy (non-hydrogen) atoms. The fraction of sp³-hybridized carbons (Fsp3) is 0.617. The Balaban J connectivity index is 4.55. The Morgan fingerprint density at radius 2 is 0.621 bits per heavy atom. The van der Waals surface area contributed by atoms with Gasteiger partial charge in [-0.3, -0.25) is 14.4 Å². The summed E-state index contributed by atoms with van der Waals surface area (Å²) in [6.07, 6.45) is 73.3. The van der Waals surface area contributed by atoms with Crippen molar-refractivity contribution >= 4 is 17.9 Å². The molecule has 0 heterocycles. The van der Waals surface area contributed by atoms with Crippen molar-refractivity contribution in [3.8, 4) is 0 Å². The average molecular weight is 913 g/mol. The number of allylic oxidation sites excluding steroid dienone is 20. The van der Waals surface area contributed by atoms with Gasteiger partial charge in [0.1, 0.15) is 13.2 Å². The molecular formula is C60H96O6. The van der Waals surface area contributed by atoms with E-state index in [2.05, 4.69) is 130 Å². The third kappa shape index (κ3) is 50.8. The first-order valence-electron chi connectivity index (χ1n) is 26.5. The van der Waals surface area contributed by atoms with Crippen LogP contribution in [0.5, 0.6) is 0 Å². The van der Waals surface area contributed by atoms with Crippen LogP contribution in [0.4, 0.5) is 0 Å². The second-order valence-electron chi connectivity index (χ2n) is 17.0. The third-order valence-corrected chi connectivity index (χ3v) is 10.7. The van der Waals surface area contributed by atoms with Crippen LogP contribution in [0.1, 0.15) is 220 Å². The van der Waals surface area contributed by atoms with Crippen LogP contribution in [-0.2, 0) is 28.6 Å². The van der Waals surface area contributed by atoms with Crippen LogP contribution in [0.3, 0.4) is 0 Å². The molecule has 0 saturated carbocycles. The van der Waals surface area contributed by atoms with Crippen molar-refractivity contribution in [2.75, 3.05) is 13.2 Å². The van der Waals surface area contributed by atoms with Gasteiger partial charge < -0.3 is 14.2 Å². The fourth-order valence-corrected chi connectivity index (χ4v) is 6.81. The summed E-state index contributed by atoms with van der Waals surface area (Å²) in [7, 11) is 0. The zero-order chi connectivity index (χ0) is 47.9. The molecule has 0 radical (unpaired) electrons. The Bertz CT molecular complexity index is 1420. The molecule has 0 aliphatic rings. The molecule has 0 N–H and O–H groups in total. The minimum atomic E-state index is -0.823. The van der Waals surface area contributed by atoms with Gasteiger partial charge in [0.15, 0.2) is 6.10 Å². The Morgan fingerprint density at radius 1 is 0.318 bits per heavy atom. The molecule has 0 aliphatic heterocycles. The molecule has 0 rings (SSSR count). The molecule has 0 aromatic rings. The van der Waals surface area contributed by atoms with Crippen molar-refractivity contribution in [3.05, 3.63) is 122 Å². The summed E-state index contributed by atoms with van der Waals surface area (Å²) in [6.45, 7) is 6.31. The largest absolute Gasteiger partial charge is 0.462 e. The van der Waals surface area contributed by atoms with Crippen molar-refractivity contribution in [2.24, 2.45) is 0 Å². The lowest BCUT2D eigenvalue weighted by Crippen LogP contribution is -2.30. The molecular weight excluding hydrogens is 817 g/mol. The molecule has 0 saturated heterocycles. The van der Waals surface area contributed by atoms with Gasteiger partial charge in [0.2, 0.25) is 0 Å². The second kappa shape index (κ2) is 53.4. The van der Waals surface area contributed by atoms with Gasteiger partial charge in [-0.05, 0) is 96.3 Å². The van der Waals surface area contributed by atoms with Gasteiger partial charge in [-0.1, -0.05) is 226 Å². The highest BCUT2D eigenvalue weighted by molar-refractivity contribution is 5.71. The quantitative estimate of drug-likeness (QED) is 0.0262. The van der Waals surface area contributed by atoms with Crippen molar-refractivity contribution in [1.82, 2.24) is 0 Å². The molecule has 0 aromatic carbocycles. The highest BCUT2D eigenvalue weighted by atomic mass is 16.6. The highest BCUT2D eigenvalue weighted by Crippen LogP contribution is 2.14. The Hall–Kier alpha value is -4.19. The molecule has 6 nitrogen and oxygen atoms in total. The van der Waals surface area contributed by atoms with E-state index in [4.69, 9.17) is 14.2 Å². The zero-order valence-electron chi connectivity index (χ0n) is 42.4. The van der Waals surface area contributed by atoms with Crippen LogP contribution in [-0.4, -0.2) is 37.2 Å². The summed E-state index contributed by atoms with van der Waals surface area (Å²) in [5.41, 5.74) is 0. The van der Waals surface area contributed by atoms with Crippen molar-refractivity contribution in [2.45, 2.75) is 226 Å². The molecule has 0 unspecified atom stereocenters. The number of carbonyl (C=O) groups is 3. The number of hydrogen-bond donors (Lipinski definition) is 0. The maximum absolute atomic E-state index is 12.8. The third-order valence-electron chi connectivity index (χ3n) is 10.7. The minimum absolute atomic E-state index is 0.113. The topological polar surface area (TPSA) is 78.9 Å². The van der Waals surface area contributed by atoms with E-state index >= 15 is 0 Å². The molecule has 0 aliphatic carbocycles. The van der Waals surface area contributed by atoms with Crippen LogP contribution in [0, 0.1) is 0 Å². The number of hydrogen-bond acceptors (Lipinski definition) is 6. The monoisotopic (exact) mass is 913 g/mol. The summed E-state index contributed by atoms with van der Waals surface area (Å²) in [6, 6.07) is 0. The molecule has 0 spiro atoms. The Kier molecular flexibility index (Phi) is 50.0. The second-order valence-corrected chi connectivity index (χ2v) is 17.0. The SMILES string of the molecule is CC/C=C\C/C=C\C/C=C\C/C=C\C/C=C\C/C=C\CCC(=O)OC[C@H](COC(=O)CCCCCCCCCCCCCC)OC(=O)CCCCCC/C=C\C/C=C\C/C=C\C/C=C\CC. The number of rotatable bonds is 46. The van der Waals surface area contributed by atoms with E-state index in [0.29, 0.717) is 12.8 Å². The summed E-state index contributed by atoms with van der Waals surface area (Å²) < 4.78 is 16.7. The number of esters is 3. The summed E-state index contributed by atoms with van der Waals surface area (Å²) in [4.78, 5) is 38.0.